The second kappa shape index (κ2) is 14.1. The highest BCUT2D eigenvalue weighted by Gasteiger charge is 2.38. The van der Waals surface area contributed by atoms with E-state index in [0.717, 1.165) is 91.3 Å². The zero-order valence-corrected chi connectivity index (χ0v) is 31.3. The van der Waals surface area contributed by atoms with Crippen molar-refractivity contribution in [3.05, 3.63) is 81.4 Å². The number of amides is 2. The summed E-state index contributed by atoms with van der Waals surface area (Å²) in [6.07, 6.45) is 4.86. The number of nitrogens with zero attached hydrogens (tertiary/aromatic N) is 6. The minimum Gasteiger partial charge on any atom is -0.481 e. The standard InChI is InChI=1S/C39H47ClN8O4/c1-23-25(8-6-10-27(23)43-36(49)34-41-29-21-45(3)18-14-31(29)46(34)4)26-9-7-11-28(33(26)40)44-37(50)35-42-30-22-48(19-15-32(30)47(35)5)20-24-12-16-39(2,17-13-24)38(51)52/h6-11,24H,12-22H2,1-5H3,(H,43,49)(H,44,50)(H,51,52). The number of aliphatic carboxylic acids is 1. The zero-order chi connectivity index (χ0) is 36.9. The highest BCUT2D eigenvalue weighted by Crippen LogP contribution is 2.40. The third-order valence-electron chi connectivity index (χ3n) is 11.5. The molecular formula is C39H47ClN8O4. The second-order valence-electron chi connectivity index (χ2n) is 15.1. The molecule has 13 heteroatoms. The number of likely N-dealkylation sites (N-methyl/N-ethyl adjacent to an activating group) is 1. The van der Waals surface area contributed by atoms with Crippen molar-refractivity contribution in [3.8, 4) is 11.1 Å². The minimum absolute atomic E-state index is 0.273. The summed E-state index contributed by atoms with van der Waals surface area (Å²) in [6.45, 7) is 7.88. The van der Waals surface area contributed by atoms with Gasteiger partial charge in [0.1, 0.15) is 0 Å². The van der Waals surface area contributed by atoms with Crippen LogP contribution in [0, 0.1) is 18.3 Å². The maximum absolute atomic E-state index is 13.7. The lowest BCUT2D eigenvalue weighted by atomic mass is 9.71. The first-order valence-electron chi connectivity index (χ1n) is 18.1. The van der Waals surface area contributed by atoms with E-state index < -0.39 is 11.4 Å². The van der Waals surface area contributed by atoms with Crippen LogP contribution in [0.15, 0.2) is 36.4 Å². The van der Waals surface area contributed by atoms with Crippen LogP contribution in [-0.2, 0) is 44.8 Å². The second-order valence-corrected chi connectivity index (χ2v) is 15.5. The van der Waals surface area contributed by atoms with E-state index >= 15 is 0 Å². The molecule has 7 rings (SSSR count). The van der Waals surface area contributed by atoms with Crippen molar-refractivity contribution < 1.29 is 19.5 Å². The summed E-state index contributed by atoms with van der Waals surface area (Å²) in [5.41, 5.74) is 6.88. The molecule has 0 atom stereocenters. The number of fused-ring (bicyclic) bond motifs is 2. The number of hydrogen-bond donors (Lipinski definition) is 3. The summed E-state index contributed by atoms with van der Waals surface area (Å²) in [5.74, 6) is -0.144. The van der Waals surface area contributed by atoms with Crippen molar-refractivity contribution in [1.82, 2.24) is 28.9 Å². The summed E-state index contributed by atoms with van der Waals surface area (Å²) in [4.78, 5) is 52.9. The van der Waals surface area contributed by atoms with Gasteiger partial charge in [0, 0.05) is 82.3 Å². The van der Waals surface area contributed by atoms with Gasteiger partial charge in [0.2, 0.25) is 0 Å². The quantitative estimate of drug-likeness (QED) is 0.204. The molecule has 52 heavy (non-hydrogen) atoms. The Morgan fingerprint density at radius 2 is 1.40 bits per heavy atom. The van der Waals surface area contributed by atoms with E-state index in [4.69, 9.17) is 16.6 Å². The normalized spacial score (nSPS) is 20.6. The van der Waals surface area contributed by atoms with Crippen molar-refractivity contribution in [2.75, 3.05) is 37.3 Å². The third-order valence-corrected chi connectivity index (χ3v) is 12.0. The Labute approximate surface area is 309 Å². The first kappa shape index (κ1) is 35.9. The van der Waals surface area contributed by atoms with Crippen LogP contribution < -0.4 is 10.6 Å². The molecule has 0 saturated heterocycles. The zero-order valence-electron chi connectivity index (χ0n) is 30.6. The number of nitrogens with one attached hydrogen (secondary N) is 2. The molecule has 2 aromatic heterocycles. The molecule has 0 spiro atoms. The Balaban J connectivity index is 1.04. The number of halogens is 1. The topological polar surface area (TPSA) is 138 Å². The van der Waals surface area contributed by atoms with E-state index in [9.17, 15) is 19.5 Å². The van der Waals surface area contributed by atoms with E-state index in [1.54, 1.807) is 6.07 Å². The van der Waals surface area contributed by atoms with E-state index in [-0.39, 0.29) is 11.8 Å². The molecule has 2 aliphatic heterocycles. The first-order valence-corrected chi connectivity index (χ1v) is 18.4. The SMILES string of the molecule is Cc1c(NC(=O)c2nc3c(n2C)CCN(C)C3)cccc1-c1cccc(NC(=O)c2nc3c(n2C)CCN(CC2CCC(C)(C(=O)O)CC2)C3)c1Cl. The number of carbonyl (C=O) groups excluding carboxylic acids is 2. The van der Waals surface area contributed by atoms with Crippen LogP contribution in [0.3, 0.4) is 0 Å². The largest absolute Gasteiger partial charge is 0.481 e. The van der Waals surface area contributed by atoms with Gasteiger partial charge < -0.3 is 29.8 Å². The van der Waals surface area contributed by atoms with Crippen molar-refractivity contribution in [2.45, 2.75) is 65.5 Å². The van der Waals surface area contributed by atoms with E-state index in [1.807, 2.05) is 67.4 Å². The maximum atomic E-state index is 13.7. The molecule has 2 aromatic carbocycles. The maximum Gasteiger partial charge on any atom is 0.309 e. The van der Waals surface area contributed by atoms with Crippen molar-refractivity contribution in [2.24, 2.45) is 25.4 Å². The summed E-state index contributed by atoms with van der Waals surface area (Å²) in [7, 11) is 5.82. The molecule has 3 N–H and O–H groups in total. The van der Waals surface area contributed by atoms with Gasteiger partial charge in [-0.3, -0.25) is 19.3 Å². The average Bonchev–Trinajstić information content (AvgIpc) is 3.63. The number of carboxylic acid groups (broad SMARTS) is 1. The van der Waals surface area contributed by atoms with Gasteiger partial charge in [-0.25, -0.2) is 9.97 Å². The first-order chi connectivity index (χ1) is 24.8. The molecule has 3 aliphatic rings. The van der Waals surface area contributed by atoms with Gasteiger partial charge in [-0.2, -0.15) is 0 Å². The highest BCUT2D eigenvalue weighted by molar-refractivity contribution is 6.36. The van der Waals surface area contributed by atoms with Crippen molar-refractivity contribution in [1.29, 1.82) is 0 Å². The van der Waals surface area contributed by atoms with Crippen molar-refractivity contribution in [3.63, 3.8) is 0 Å². The summed E-state index contributed by atoms with van der Waals surface area (Å²) in [5, 5.41) is 16.1. The molecular weight excluding hydrogens is 680 g/mol. The van der Waals surface area contributed by atoms with Gasteiger partial charge in [-0.15, -0.1) is 0 Å². The van der Waals surface area contributed by atoms with Gasteiger partial charge in [-0.1, -0.05) is 35.9 Å². The summed E-state index contributed by atoms with van der Waals surface area (Å²) >= 11 is 6.99. The molecule has 0 radical (unpaired) electrons. The number of carboxylic acids is 1. The minimum atomic E-state index is -0.696. The molecule has 4 heterocycles. The lowest BCUT2D eigenvalue weighted by Gasteiger charge is -2.37. The number of hydrogen-bond acceptors (Lipinski definition) is 7. The van der Waals surface area contributed by atoms with Gasteiger partial charge >= 0.3 is 5.97 Å². The molecule has 12 nitrogen and oxygen atoms in total. The number of aromatic nitrogens is 4. The molecule has 2 amide bonds. The van der Waals surface area contributed by atoms with E-state index in [2.05, 4.69) is 32.5 Å². The predicted molar refractivity (Wildman–Crippen MR) is 201 cm³/mol. The van der Waals surface area contributed by atoms with Gasteiger partial charge in [0.25, 0.3) is 11.8 Å². The number of anilines is 2. The Kier molecular flexibility index (Phi) is 9.75. The Morgan fingerprint density at radius 3 is 2.04 bits per heavy atom. The molecule has 1 saturated carbocycles. The number of imidazole rings is 2. The fourth-order valence-corrected chi connectivity index (χ4v) is 8.41. The lowest BCUT2D eigenvalue weighted by molar-refractivity contribution is -0.150. The number of benzene rings is 2. The Hall–Kier alpha value is -4.52. The third kappa shape index (κ3) is 6.75. The molecule has 1 aliphatic carbocycles. The van der Waals surface area contributed by atoms with E-state index in [0.29, 0.717) is 53.4 Å². The van der Waals surface area contributed by atoms with Gasteiger partial charge in [-0.05, 0) is 75.8 Å². The van der Waals surface area contributed by atoms with Crippen LogP contribution in [0.25, 0.3) is 11.1 Å². The van der Waals surface area contributed by atoms with Crippen LogP contribution in [0.5, 0.6) is 0 Å². The lowest BCUT2D eigenvalue weighted by Crippen LogP contribution is -2.39. The summed E-state index contributed by atoms with van der Waals surface area (Å²) in [6, 6.07) is 11.2. The van der Waals surface area contributed by atoms with Crippen LogP contribution in [0.2, 0.25) is 5.02 Å². The summed E-state index contributed by atoms with van der Waals surface area (Å²) < 4.78 is 3.77. The molecule has 0 unspecified atom stereocenters. The fourth-order valence-electron chi connectivity index (χ4n) is 8.14. The fraction of sp³-hybridized carbons (Fsp3) is 0.462. The Bertz CT molecular complexity index is 2060. The number of carbonyl (C=O) groups is 3. The monoisotopic (exact) mass is 726 g/mol. The molecule has 0 bridgehead atoms. The molecule has 274 valence electrons. The number of rotatable bonds is 8. The van der Waals surface area contributed by atoms with Crippen LogP contribution in [0.4, 0.5) is 11.4 Å². The van der Waals surface area contributed by atoms with Crippen LogP contribution >= 0.6 is 11.6 Å². The van der Waals surface area contributed by atoms with Gasteiger partial charge in [0.15, 0.2) is 11.6 Å². The van der Waals surface area contributed by atoms with Crippen LogP contribution in [-0.4, -0.2) is 78.5 Å². The van der Waals surface area contributed by atoms with Gasteiger partial charge in [0.05, 0.1) is 27.5 Å². The molecule has 4 aromatic rings. The smallest absolute Gasteiger partial charge is 0.309 e. The average molecular weight is 727 g/mol. The highest BCUT2D eigenvalue weighted by atomic mass is 35.5. The van der Waals surface area contributed by atoms with Crippen molar-refractivity contribution >= 4 is 40.8 Å². The molecule has 1 fully saturated rings. The Morgan fingerprint density at radius 1 is 0.846 bits per heavy atom. The van der Waals surface area contributed by atoms with E-state index in [1.165, 1.54) is 0 Å². The predicted octanol–water partition coefficient (Wildman–Crippen LogP) is 5.91. The van der Waals surface area contributed by atoms with Crippen LogP contribution in [0.1, 0.15) is 82.2 Å².